The Balaban J connectivity index is 2.62. The molecule has 1 heterocycles. The van der Waals surface area contributed by atoms with E-state index in [4.69, 9.17) is 10.2 Å². The van der Waals surface area contributed by atoms with Crippen molar-refractivity contribution in [3.8, 4) is 0 Å². The smallest absolute Gasteiger partial charge is 0.407 e. The summed E-state index contributed by atoms with van der Waals surface area (Å²) in [5, 5.41) is 17.6. The molecule has 1 aliphatic rings. The average Bonchev–Trinajstić information content (AvgIpc) is 2.26. The SMILES string of the molecule is C[C@@H]1CCN(C(=O)O)CCN1C(=O)O. The van der Waals surface area contributed by atoms with Crippen molar-refractivity contribution in [1.29, 1.82) is 0 Å². The summed E-state index contributed by atoms with van der Waals surface area (Å²) in [4.78, 5) is 23.9. The van der Waals surface area contributed by atoms with E-state index in [1.807, 2.05) is 0 Å². The van der Waals surface area contributed by atoms with Gasteiger partial charge in [-0.3, -0.25) is 0 Å². The number of hydrogen-bond donors (Lipinski definition) is 2. The van der Waals surface area contributed by atoms with E-state index in [0.29, 0.717) is 13.0 Å². The lowest BCUT2D eigenvalue weighted by Crippen LogP contribution is -2.39. The highest BCUT2D eigenvalue weighted by Gasteiger charge is 2.25. The third-order valence-corrected chi connectivity index (χ3v) is 2.48. The molecule has 6 heteroatoms. The summed E-state index contributed by atoms with van der Waals surface area (Å²) < 4.78 is 0. The Labute approximate surface area is 81.7 Å². The largest absolute Gasteiger partial charge is 0.465 e. The third kappa shape index (κ3) is 2.27. The molecule has 1 rings (SSSR count). The summed E-state index contributed by atoms with van der Waals surface area (Å²) >= 11 is 0. The van der Waals surface area contributed by atoms with Crippen LogP contribution in [0, 0.1) is 0 Å². The molecular formula is C8H14N2O4. The van der Waals surface area contributed by atoms with Crippen LogP contribution in [0.5, 0.6) is 0 Å². The quantitative estimate of drug-likeness (QED) is 0.607. The predicted octanol–water partition coefficient (Wildman–Crippen LogP) is 0.739. The van der Waals surface area contributed by atoms with Gasteiger partial charge in [0, 0.05) is 25.7 Å². The van der Waals surface area contributed by atoms with Crippen molar-refractivity contribution in [2.45, 2.75) is 19.4 Å². The van der Waals surface area contributed by atoms with Crippen LogP contribution in [0.3, 0.4) is 0 Å². The van der Waals surface area contributed by atoms with Crippen LogP contribution in [-0.2, 0) is 0 Å². The molecular weight excluding hydrogens is 188 g/mol. The Kier molecular flexibility index (Phi) is 3.16. The van der Waals surface area contributed by atoms with E-state index in [9.17, 15) is 9.59 Å². The van der Waals surface area contributed by atoms with Gasteiger partial charge >= 0.3 is 12.2 Å². The van der Waals surface area contributed by atoms with E-state index < -0.39 is 12.2 Å². The number of carboxylic acid groups (broad SMARTS) is 2. The van der Waals surface area contributed by atoms with Crippen LogP contribution in [0.4, 0.5) is 9.59 Å². The predicted molar refractivity (Wildman–Crippen MR) is 48.4 cm³/mol. The summed E-state index contributed by atoms with van der Waals surface area (Å²) in [5.74, 6) is 0. The molecule has 0 saturated carbocycles. The maximum atomic E-state index is 10.8. The fourth-order valence-corrected chi connectivity index (χ4v) is 1.53. The minimum Gasteiger partial charge on any atom is -0.465 e. The van der Waals surface area contributed by atoms with Gasteiger partial charge in [0.25, 0.3) is 0 Å². The van der Waals surface area contributed by atoms with Crippen LogP contribution in [-0.4, -0.2) is 57.9 Å². The second-order valence-electron chi connectivity index (χ2n) is 3.38. The number of carbonyl (C=O) groups is 2. The van der Waals surface area contributed by atoms with Crippen molar-refractivity contribution >= 4 is 12.2 Å². The summed E-state index contributed by atoms with van der Waals surface area (Å²) in [6.45, 7) is 2.70. The van der Waals surface area contributed by atoms with Crippen molar-refractivity contribution < 1.29 is 19.8 Å². The highest BCUT2D eigenvalue weighted by molar-refractivity contribution is 5.67. The molecule has 0 bridgehead atoms. The maximum absolute atomic E-state index is 10.8. The van der Waals surface area contributed by atoms with Gasteiger partial charge in [-0.2, -0.15) is 0 Å². The first kappa shape index (κ1) is 10.6. The lowest BCUT2D eigenvalue weighted by Gasteiger charge is -2.22. The van der Waals surface area contributed by atoms with Crippen molar-refractivity contribution in [1.82, 2.24) is 9.80 Å². The molecule has 80 valence electrons. The second kappa shape index (κ2) is 4.17. The van der Waals surface area contributed by atoms with Gasteiger partial charge in [0.05, 0.1) is 0 Å². The third-order valence-electron chi connectivity index (χ3n) is 2.48. The molecule has 6 nitrogen and oxygen atoms in total. The van der Waals surface area contributed by atoms with Gasteiger partial charge in [-0.25, -0.2) is 9.59 Å². The van der Waals surface area contributed by atoms with E-state index in [1.165, 1.54) is 9.80 Å². The number of hydrogen-bond acceptors (Lipinski definition) is 2. The zero-order valence-corrected chi connectivity index (χ0v) is 8.01. The van der Waals surface area contributed by atoms with E-state index in [0.717, 1.165) is 0 Å². The molecule has 0 aromatic heterocycles. The summed E-state index contributed by atoms with van der Waals surface area (Å²) in [6.07, 6.45) is -1.41. The summed E-state index contributed by atoms with van der Waals surface area (Å²) in [5.41, 5.74) is 0. The fourth-order valence-electron chi connectivity index (χ4n) is 1.53. The number of rotatable bonds is 0. The molecule has 0 aromatic rings. The zero-order valence-electron chi connectivity index (χ0n) is 8.01. The molecule has 0 spiro atoms. The number of amides is 2. The van der Waals surface area contributed by atoms with Gasteiger partial charge in [0.1, 0.15) is 0 Å². The first-order chi connectivity index (χ1) is 6.52. The van der Waals surface area contributed by atoms with Gasteiger partial charge in [-0.1, -0.05) is 0 Å². The monoisotopic (exact) mass is 202 g/mol. The van der Waals surface area contributed by atoms with Crippen LogP contribution in [0.25, 0.3) is 0 Å². The van der Waals surface area contributed by atoms with Crippen LogP contribution < -0.4 is 0 Å². The highest BCUT2D eigenvalue weighted by Crippen LogP contribution is 2.10. The Morgan fingerprint density at radius 2 is 1.79 bits per heavy atom. The summed E-state index contributed by atoms with van der Waals surface area (Å²) in [6, 6.07) is -0.114. The standard InChI is InChI=1S/C8H14N2O4/c1-6-2-3-9(7(11)12)4-5-10(6)8(13)14/h6H,2-5H2,1H3,(H,11,12)(H,13,14)/t6-/m1/s1. The van der Waals surface area contributed by atoms with E-state index in [1.54, 1.807) is 6.92 Å². The van der Waals surface area contributed by atoms with E-state index >= 15 is 0 Å². The van der Waals surface area contributed by atoms with Gasteiger partial charge in [0.15, 0.2) is 0 Å². The average molecular weight is 202 g/mol. The molecule has 1 fully saturated rings. The molecule has 2 amide bonds. The topological polar surface area (TPSA) is 81.1 Å². The van der Waals surface area contributed by atoms with Crippen LogP contribution >= 0.6 is 0 Å². The summed E-state index contributed by atoms with van der Waals surface area (Å²) in [7, 11) is 0. The molecule has 14 heavy (non-hydrogen) atoms. The van der Waals surface area contributed by atoms with Crippen LogP contribution in [0.2, 0.25) is 0 Å². The second-order valence-corrected chi connectivity index (χ2v) is 3.38. The van der Waals surface area contributed by atoms with Crippen molar-refractivity contribution in [2.75, 3.05) is 19.6 Å². The molecule has 1 aliphatic heterocycles. The van der Waals surface area contributed by atoms with Crippen molar-refractivity contribution in [3.63, 3.8) is 0 Å². The van der Waals surface area contributed by atoms with Gasteiger partial charge < -0.3 is 20.0 Å². The molecule has 0 radical (unpaired) electrons. The first-order valence-corrected chi connectivity index (χ1v) is 4.50. The normalized spacial score (nSPS) is 23.1. The Bertz CT molecular complexity index is 243. The molecule has 0 unspecified atom stereocenters. The molecule has 0 aliphatic carbocycles. The minimum absolute atomic E-state index is 0.114. The minimum atomic E-state index is -0.982. The van der Waals surface area contributed by atoms with E-state index in [-0.39, 0.29) is 19.1 Å². The fraction of sp³-hybridized carbons (Fsp3) is 0.750. The Morgan fingerprint density at radius 3 is 2.29 bits per heavy atom. The van der Waals surface area contributed by atoms with Crippen LogP contribution in [0.15, 0.2) is 0 Å². The highest BCUT2D eigenvalue weighted by atomic mass is 16.4. The Morgan fingerprint density at radius 1 is 1.14 bits per heavy atom. The lowest BCUT2D eigenvalue weighted by atomic mass is 10.2. The zero-order chi connectivity index (χ0) is 10.7. The van der Waals surface area contributed by atoms with E-state index in [2.05, 4.69) is 0 Å². The molecule has 2 N–H and O–H groups in total. The Hall–Kier alpha value is -1.46. The first-order valence-electron chi connectivity index (χ1n) is 4.50. The van der Waals surface area contributed by atoms with Crippen molar-refractivity contribution in [2.24, 2.45) is 0 Å². The lowest BCUT2D eigenvalue weighted by molar-refractivity contribution is 0.127. The van der Waals surface area contributed by atoms with Gasteiger partial charge in [-0.05, 0) is 13.3 Å². The molecule has 1 atom stereocenters. The molecule has 1 saturated heterocycles. The maximum Gasteiger partial charge on any atom is 0.407 e. The number of nitrogens with zero attached hydrogens (tertiary/aromatic N) is 2. The van der Waals surface area contributed by atoms with Crippen molar-refractivity contribution in [3.05, 3.63) is 0 Å². The van der Waals surface area contributed by atoms with Crippen LogP contribution in [0.1, 0.15) is 13.3 Å². The van der Waals surface area contributed by atoms with Gasteiger partial charge in [-0.15, -0.1) is 0 Å². The molecule has 0 aromatic carbocycles. The van der Waals surface area contributed by atoms with Gasteiger partial charge in [0.2, 0.25) is 0 Å².